The van der Waals surface area contributed by atoms with Crippen LogP contribution in [0.3, 0.4) is 0 Å². The van der Waals surface area contributed by atoms with Crippen molar-refractivity contribution in [2.24, 2.45) is 0 Å². The number of carbonyl (C=O) groups excluding carboxylic acids is 3. The summed E-state index contributed by atoms with van der Waals surface area (Å²) in [5.41, 5.74) is 6.13. The smallest absolute Gasteiger partial charge is 0.423 e. The van der Waals surface area contributed by atoms with E-state index < -0.39 is 35.5 Å². The molecule has 15 nitrogen and oxygen atoms in total. The Balaban J connectivity index is 1.60. The summed E-state index contributed by atoms with van der Waals surface area (Å²) in [6, 6.07) is 7.11. The minimum absolute atomic E-state index is 0.0663. The van der Waals surface area contributed by atoms with Crippen molar-refractivity contribution in [2.75, 3.05) is 72.3 Å². The van der Waals surface area contributed by atoms with Crippen LogP contribution in [0.15, 0.2) is 36.7 Å². The number of aromatic nitrogens is 2. The van der Waals surface area contributed by atoms with Gasteiger partial charge >= 0.3 is 18.2 Å². The average molecular weight is 802 g/mol. The number of hydrogen-bond donors (Lipinski definition) is 1. The zero-order valence-electron chi connectivity index (χ0n) is 32.8. The van der Waals surface area contributed by atoms with Gasteiger partial charge in [0, 0.05) is 50.0 Å². The van der Waals surface area contributed by atoms with Gasteiger partial charge in [0.2, 0.25) is 0 Å². The molecule has 55 heavy (non-hydrogen) atoms. The van der Waals surface area contributed by atoms with Gasteiger partial charge in [0.1, 0.15) is 56.4 Å². The third-order valence-corrected chi connectivity index (χ3v) is 9.52. The number of imide groups is 1. The second-order valence-electron chi connectivity index (χ2n) is 15.2. The summed E-state index contributed by atoms with van der Waals surface area (Å²) < 4.78 is 22.4. The highest BCUT2D eigenvalue weighted by Crippen LogP contribution is 2.48. The highest BCUT2D eigenvalue weighted by Gasteiger charge is 2.43. The van der Waals surface area contributed by atoms with Gasteiger partial charge in [-0.25, -0.2) is 29.3 Å². The monoisotopic (exact) mass is 800 g/mol. The third kappa shape index (κ3) is 9.57. The second kappa shape index (κ2) is 16.6. The molecule has 5 rings (SSSR count). The Bertz CT molecular complexity index is 1880. The topological polar surface area (TPSA) is 156 Å². The number of benzene rings is 2. The maximum absolute atomic E-state index is 14.9. The molecule has 2 aromatic carbocycles. The summed E-state index contributed by atoms with van der Waals surface area (Å²) in [5, 5.41) is -0.261. The van der Waals surface area contributed by atoms with Crippen LogP contribution >= 0.6 is 23.2 Å². The van der Waals surface area contributed by atoms with E-state index in [0.717, 1.165) is 43.3 Å². The predicted octanol–water partition coefficient (Wildman–Crippen LogP) is 8.13. The number of nitrogen functional groups attached to an aromatic ring is 1. The van der Waals surface area contributed by atoms with Crippen LogP contribution in [0, 0.1) is 0 Å². The minimum atomic E-state index is -1.06. The van der Waals surface area contributed by atoms with Gasteiger partial charge in [-0.15, -0.1) is 0 Å². The molecule has 1 aromatic heterocycles. The van der Waals surface area contributed by atoms with Crippen LogP contribution in [0.5, 0.6) is 11.5 Å². The zero-order valence-corrected chi connectivity index (χ0v) is 34.3. The summed E-state index contributed by atoms with van der Waals surface area (Å²) in [5.74, 6) is 0.338. The Morgan fingerprint density at radius 3 is 1.91 bits per heavy atom. The van der Waals surface area contributed by atoms with Crippen LogP contribution in [0.2, 0.25) is 10.0 Å². The Morgan fingerprint density at radius 1 is 0.836 bits per heavy atom. The van der Waals surface area contributed by atoms with Crippen molar-refractivity contribution >= 4 is 75.8 Å². The fourth-order valence-electron chi connectivity index (χ4n) is 6.00. The number of nitrogens with zero attached hydrogens (tertiary/aromatic N) is 7. The van der Waals surface area contributed by atoms with Crippen LogP contribution < -0.4 is 34.8 Å². The van der Waals surface area contributed by atoms with Crippen molar-refractivity contribution in [3.8, 4) is 11.5 Å². The lowest BCUT2D eigenvalue weighted by Crippen LogP contribution is -2.50. The van der Waals surface area contributed by atoms with E-state index in [1.165, 1.54) is 42.5 Å². The molecule has 17 heteroatoms. The van der Waals surface area contributed by atoms with Gasteiger partial charge < -0.3 is 34.5 Å². The number of nitrogens with two attached hydrogens (primary N) is 1. The molecule has 1 saturated carbocycles. The van der Waals surface area contributed by atoms with Crippen LogP contribution in [0.25, 0.3) is 0 Å². The highest BCUT2D eigenvalue weighted by molar-refractivity contribution is 6.43. The Hall–Kier alpha value is -4.73. The fourth-order valence-corrected chi connectivity index (χ4v) is 6.67. The van der Waals surface area contributed by atoms with Crippen molar-refractivity contribution < 1.29 is 33.3 Å². The number of rotatable bonds is 9. The van der Waals surface area contributed by atoms with Crippen molar-refractivity contribution in [1.29, 1.82) is 0 Å². The molecular formula is C38H50Cl2N8O7. The van der Waals surface area contributed by atoms with Gasteiger partial charge in [0.15, 0.2) is 0 Å². The van der Waals surface area contributed by atoms with Crippen LogP contribution in [0.4, 0.5) is 48.8 Å². The maximum atomic E-state index is 14.9. The van der Waals surface area contributed by atoms with Crippen molar-refractivity contribution in [3.05, 3.63) is 46.7 Å². The normalized spacial score (nSPS) is 14.9. The SMILES string of the molecule is CCN1CCN(c2ccc(N(C(=O)OC(C)(C)C)c3cc(N(C(=O)N(C(=O)OC(C)(C)C)c4c(Cl)c(OC)cc(OC)c4Cl)C4CC4)ncn3)c(N)c2)CC1. The number of urea groups is 1. The number of carbonyl (C=O) groups is 3. The van der Waals surface area contributed by atoms with Gasteiger partial charge in [0.05, 0.1) is 25.6 Å². The molecule has 0 spiro atoms. The maximum Gasteiger partial charge on any atom is 0.423 e. The number of piperazine rings is 1. The number of halogens is 2. The van der Waals surface area contributed by atoms with Gasteiger partial charge in [-0.3, -0.25) is 4.90 Å². The van der Waals surface area contributed by atoms with Crippen molar-refractivity contribution in [1.82, 2.24) is 14.9 Å². The highest BCUT2D eigenvalue weighted by atomic mass is 35.5. The molecule has 1 aliphatic carbocycles. The van der Waals surface area contributed by atoms with Gasteiger partial charge in [-0.05, 0) is 79.1 Å². The summed E-state index contributed by atoms with van der Waals surface area (Å²) in [6.45, 7) is 16.9. The molecule has 298 valence electrons. The summed E-state index contributed by atoms with van der Waals surface area (Å²) in [6.07, 6.45) is 0.583. The van der Waals surface area contributed by atoms with Crippen molar-refractivity contribution in [2.45, 2.75) is 78.6 Å². The molecule has 2 aliphatic rings. The van der Waals surface area contributed by atoms with E-state index in [1.54, 1.807) is 47.6 Å². The lowest BCUT2D eigenvalue weighted by molar-refractivity contribution is 0.0584. The zero-order chi connectivity index (χ0) is 40.4. The summed E-state index contributed by atoms with van der Waals surface area (Å²) in [4.78, 5) is 59.7. The number of likely N-dealkylation sites (N-methyl/N-ethyl adjacent to an activating group) is 1. The first-order valence-corrected chi connectivity index (χ1v) is 18.8. The molecule has 2 N–H and O–H groups in total. The number of anilines is 6. The lowest BCUT2D eigenvalue weighted by atomic mass is 10.2. The van der Waals surface area contributed by atoms with Crippen LogP contribution in [0.1, 0.15) is 61.3 Å². The van der Waals surface area contributed by atoms with Gasteiger partial charge in [-0.2, -0.15) is 4.90 Å². The first-order chi connectivity index (χ1) is 25.9. The fraction of sp³-hybridized carbons (Fsp3) is 0.500. The Morgan fingerprint density at radius 2 is 1.40 bits per heavy atom. The van der Waals surface area contributed by atoms with Crippen molar-refractivity contribution in [3.63, 3.8) is 0 Å². The first-order valence-electron chi connectivity index (χ1n) is 18.1. The molecule has 4 amide bonds. The minimum Gasteiger partial charge on any atom is -0.495 e. The van der Waals surface area contributed by atoms with E-state index >= 15 is 0 Å². The number of hydrogen-bond acceptors (Lipinski definition) is 12. The molecule has 1 saturated heterocycles. The molecule has 0 atom stereocenters. The van der Waals surface area contributed by atoms with Crippen LogP contribution in [-0.4, -0.2) is 97.3 Å². The average Bonchev–Trinajstić information content (AvgIpc) is 3.95. The number of methoxy groups -OCH3 is 2. The van der Waals surface area contributed by atoms with E-state index in [0.29, 0.717) is 24.2 Å². The van der Waals surface area contributed by atoms with Crippen LogP contribution in [-0.2, 0) is 9.47 Å². The predicted molar refractivity (Wildman–Crippen MR) is 215 cm³/mol. The molecule has 2 heterocycles. The molecule has 0 unspecified atom stereocenters. The number of amides is 4. The molecule has 2 fully saturated rings. The van der Waals surface area contributed by atoms with E-state index in [4.69, 9.17) is 47.9 Å². The molecule has 0 radical (unpaired) electrons. The van der Waals surface area contributed by atoms with E-state index in [2.05, 4.69) is 26.7 Å². The standard InChI is InChI=1S/C38H50Cl2N8O7/c1-10-44-15-17-45(18-16-44)24-13-14-26(25(41)19-24)47(35(50)54-37(2,3)4)30-21-29(42-22-43-30)46(23-11-12-23)34(49)48(36(51)55-38(5,6)7)33-31(39)27(52-8)20-28(53-9)32(33)40/h13-14,19-23H,10-12,15-18,41H2,1-9H3. The molecule has 1 aliphatic heterocycles. The van der Waals surface area contributed by atoms with E-state index in [-0.39, 0.29) is 38.9 Å². The Labute approximate surface area is 332 Å². The quantitative estimate of drug-likeness (QED) is 0.208. The van der Waals surface area contributed by atoms with Gasteiger partial charge in [0.25, 0.3) is 0 Å². The Kier molecular flexibility index (Phi) is 12.5. The largest absolute Gasteiger partial charge is 0.495 e. The molecule has 3 aromatic rings. The van der Waals surface area contributed by atoms with Gasteiger partial charge in [-0.1, -0.05) is 30.1 Å². The number of ether oxygens (including phenoxy) is 4. The first kappa shape index (κ1) is 41.4. The third-order valence-electron chi connectivity index (χ3n) is 8.79. The van der Waals surface area contributed by atoms with E-state index in [1.807, 2.05) is 12.1 Å². The molecular weight excluding hydrogens is 751 g/mol. The summed E-state index contributed by atoms with van der Waals surface area (Å²) >= 11 is 13.5. The summed E-state index contributed by atoms with van der Waals surface area (Å²) in [7, 11) is 2.75. The second-order valence-corrected chi connectivity index (χ2v) is 15.9. The molecule has 0 bridgehead atoms. The van der Waals surface area contributed by atoms with E-state index in [9.17, 15) is 14.4 Å². The lowest BCUT2D eigenvalue weighted by Gasteiger charge is -2.36.